The van der Waals surface area contributed by atoms with Crippen LogP contribution >= 0.6 is 0 Å². The zero-order valence-electron chi connectivity index (χ0n) is 67.5. The molecule has 122 heavy (non-hydrogen) atoms. The van der Waals surface area contributed by atoms with Crippen LogP contribution < -0.4 is 0 Å². The lowest BCUT2D eigenvalue weighted by Gasteiger charge is -2.13. The summed E-state index contributed by atoms with van der Waals surface area (Å²) in [5.41, 5.74) is 33.4. The Hall–Kier alpha value is -15.8. The summed E-state index contributed by atoms with van der Waals surface area (Å²) in [5, 5.41) is 20.8. The summed E-state index contributed by atoms with van der Waals surface area (Å²) in [5.74, 6) is 0. The van der Waals surface area contributed by atoms with Gasteiger partial charge in [0.15, 0.2) is 0 Å². The van der Waals surface area contributed by atoms with Gasteiger partial charge in [-0.25, -0.2) is 0 Å². The van der Waals surface area contributed by atoms with E-state index in [4.69, 9.17) is 28.2 Å². The number of aromatic nitrogens is 6. The molecule has 6 heterocycles. The minimum atomic E-state index is 0.904. The summed E-state index contributed by atoms with van der Waals surface area (Å²) in [4.78, 5) is 28.1. The number of rotatable bonds is 7. The topological polar surface area (TPSA) is 117 Å². The van der Waals surface area contributed by atoms with E-state index in [1.165, 1.54) is 104 Å². The fourth-order valence-corrected chi connectivity index (χ4v) is 19.0. The van der Waals surface area contributed by atoms with Gasteiger partial charge in [0.2, 0.25) is 0 Å². The van der Waals surface area contributed by atoms with Gasteiger partial charge in [-0.3, -0.25) is 29.9 Å². The number of benzene rings is 19. The van der Waals surface area contributed by atoms with E-state index in [9.17, 15) is 0 Å². The third-order valence-corrected chi connectivity index (χ3v) is 24.5. The highest BCUT2D eigenvalue weighted by molar-refractivity contribution is 6.27. The molecule has 0 N–H and O–H groups in total. The lowest BCUT2D eigenvalue weighted by Crippen LogP contribution is -1.90. The maximum atomic E-state index is 6.78. The number of aryl methyl sites for hydroxylation is 5. The Labute approximate surface area is 701 Å². The Morgan fingerprint density at radius 1 is 0.164 bits per heavy atom. The van der Waals surface area contributed by atoms with Crippen molar-refractivity contribution in [3.8, 4) is 77.9 Å². The summed E-state index contributed by atoms with van der Waals surface area (Å²) in [7, 11) is 0. The maximum Gasteiger partial charge on any atom is 0.143 e. The average Bonchev–Trinajstić information content (AvgIpc) is 0.803. The molecule has 25 aromatic rings. The van der Waals surface area contributed by atoms with Gasteiger partial charge in [0.1, 0.15) is 33.5 Å². The van der Waals surface area contributed by atoms with E-state index >= 15 is 0 Å². The molecule has 0 spiro atoms. The molecule has 0 amide bonds. The average molecular weight is 1560 g/mol. The molecule has 574 valence electrons. The third kappa shape index (κ3) is 11.9. The molecular formula is C113H74N6O3. The van der Waals surface area contributed by atoms with E-state index in [2.05, 4.69) is 365 Å². The Kier molecular flexibility index (Phi) is 16.9. The van der Waals surface area contributed by atoms with Crippen molar-refractivity contribution in [2.24, 2.45) is 0 Å². The molecule has 9 nitrogen and oxygen atoms in total. The molecule has 0 radical (unpaired) electrons. The minimum Gasteiger partial charge on any atom is -0.455 e. The van der Waals surface area contributed by atoms with Crippen LogP contribution in [0.1, 0.15) is 27.8 Å². The van der Waals surface area contributed by atoms with Crippen LogP contribution in [0.4, 0.5) is 0 Å². The molecule has 0 aliphatic rings. The largest absolute Gasteiger partial charge is 0.455 e. The standard InChI is InChI=1S/C40H24N2O.C37H26N2O.C36H24N2O/c1-2-10-25(11-3-1)28-16-8-18-34-35-19-9-17-33(40(35)43-39(28)34)29-13-5-4-12-27(29)26-20-21-32-36(24-26)30-14-6-7-15-31(30)37-38(32)42-23-22-41-37;1-21-16-23(3)36-32(18-21)33-19-22(2)17-30(37(33)40-36)25-10-8-24(9-11-25)26-12-13-29-31(20-26)27-6-4-5-7-28(27)34-35(29)39-15-14-38-34;1-21-7-14-33-31(17-21)32-19-22(2)18-29(36(32)39-33)24-10-8-23(9-11-24)25-12-13-28-30(20-25)26-5-3-4-6-27(26)34-35(28)38-16-15-37-34/h1-24H;4-20H,1-3H3;3-20H,1-2H3. The first-order chi connectivity index (χ1) is 60.0. The van der Waals surface area contributed by atoms with E-state index in [1.54, 1.807) is 37.2 Å². The van der Waals surface area contributed by atoms with Crippen molar-refractivity contribution in [3.05, 3.63) is 387 Å². The van der Waals surface area contributed by atoms with Crippen LogP contribution in [0.3, 0.4) is 0 Å². The van der Waals surface area contributed by atoms with E-state index in [1.807, 2.05) is 6.07 Å². The SMILES string of the molecule is Cc1cc(C)c2oc3c(-c4ccc(-c5ccc6c(c5)c5ccccc5c5nccnc65)cc4)cc(C)cc3c2c1.Cc1ccc2oc3c(-c4ccc(-c5ccc6c(c5)c5ccccc5c5nccnc65)cc4)cc(C)cc3c2c1.c1ccc(-c2cccc3c2oc2c(-c4ccccc4-c4ccc5c(c4)c4ccccc4c4nccnc54)cccc23)cc1. The van der Waals surface area contributed by atoms with Gasteiger partial charge in [-0.05, 0) is 205 Å². The van der Waals surface area contributed by atoms with Crippen molar-refractivity contribution >= 4 is 164 Å². The first-order valence-electron chi connectivity index (χ1n) is 41.4. The van der Waals surface area contributed by atoms with Gasteiger partial charge in [0.25, 0.3) is 0 Å². The predicted octanol–water partition coefficient (Wildman–Crippen LogP) is 30.7. The predicted molar refractivity (Wildman–Crippen MR) is 507 cm³/mol. The van der Waals surface area contributed by atoms with Gasteiger partial charge in [0, 0.05) is 124 Å². The van der Waals surface area contributed by atoms with Crippen LogP contribution in [0, 0.1) is 34.6 Å². The Bertz CT molecular complexity index is 8540. The summed E-state index contributed by atoms with van der Waals surface area (Å²) in [6.07, 6.45) is 10.6. The van der Waals surface area contributed by atoms with Gasteiger partial charge in [-0.15, -0.1) is 0 Å². The molecule has 0 saturated carbocycles. The molecule has 0 fully saturated rings. The zero-order chi connectivity index (χ0) is 81.4. The summed E-state index contributed by atoms with van der Waals surface area (Å²) in [6.45, 7) is 10.7. The lowest BCUT2D eigenvalue weighted by molar-refractivity contribution is 0.666. The lowest BCUT2D eigenvalue weighted by atomic mass is 9.91. The second-order valence-corrected chi connectivity index (χ2v) is 32.3. The Morgan fingerprint density at radius 3 is 0.992 bits per heavy atom. The van der Waals surface area contributed by atoms with Crippen molar-refractivity contribution < 1.29 is 13.3 Å². The molecule has 19 aromatic carbocycles. The van der Waals surface area contributed by atoms with Gasteiger partial charge in [-0.1, -0.05) is 266 Å². The van der Waals surface area contributed by atoms with Crippen LogP contribution in [0.15, 0.2) is 372 Å². The molecule has 25 rings (SSSR count). The molecular weight excluding hydrogens is 1490 g/mol. The van der Waals surface area contributed by atoms with E-state index in [0.29, 0.717) is 0 Å². The first-order valence-corrected chi connectivity index (χ1v) is 41.4. The third-order valence-electron chi connectivity index (χ3n) is 24.5. The highest BCUT2D eigenvalue weighted by atomic mass is 16.3. The number of para-hydroxylation sites is 2. The highest BCUT2D eigenvalue weighted by Crippen LogP contribution is 2.47. The van der Waals surface area contributed by atoms with Crippen LogP contribution in [0.5, 0.6) is 0 Å². The van der Waals surface area contributed by atoms with Gasteiger partial charge >= 0.3 is 0 Å². The fraction of sp³-hybridized carbons (Fsp3) is 0.0442. The summed E-state index contributed by atoms with van der Waals surface area (Å²) >= 11 is 0. The number of nitrogens with zero attached hydrogens (tertiary/aromatic N) is 6. The van der Waals surface area contributed by atoms with E-state index in [0.717, 1.165) is 165 Å². The van der Waals surface area contributed by atoms with Gasteiger partial charge in [-0.2, -0.15) is 0 Å². The van der Waals surface area contributed by atoms with Crippen molar-refractivity contribution in [3.63, 3.8) is 0 Å². The van der Waals surface area contributed by atoms with Crippen molar-refractivity contribution in [2.45, 2.75) is 34.6 Å². The minimum absolute atomic E-state index is 0.904. The van der Waals surface area contributed by atoms with Crippen molar-refractivity contribution in [2.75, 3.05) is 0 Å². The number of hydrogen-bond donors (Lipinski definition) is 0. The van der Waals surface area contributed by atoms with Gasteiger partial charge < -0.3 is 13.3 Å². The fourth-order valence-electron chi connectivity index (χ4n) is 19.0. The van der Waals surface area contributed by atoms with Crippen molar-refractivity contribution in [1.29, 1.82) is 0 Å². The molecule has 0 atom stereocenters. The molecule has 0 aliphatic heterocycles. The van der Waals surface area contributed by atoms with Crippen LogP contribution in [-0.2, 0) is 0 Å². The normalized spacial score (nSPS) is 11.8. The van der Waals surface area contributed by atoms with Crippen LogP contribution in [-0.4, -0.2) is 29.9 Å². The second-order valence-electron chi connectivity index (χ2n) is 32.3. The molecule has 6 aromatic heterocycles. The van der Waals surface area contributed by atoms with Gasteiger partial charge in [0.05, 0.1) is 33.1 Å². The smallest absolute Gasteiger partial charge is 0.143 e. The monoisotopic (exact) mass is 1560 g/mol. The highest BCUT2D eigenvalue weighted by Gasteiger charge is 2.23. The van der Waals surface area contributed by atoms with Crippen LogP contribution in [0.2, 0.25) is 0 Å². The maximum absolute atomic E-state index is 6.78. The van der Waals surface area contributed by atoms with E-state index < -0.39 is 0 Å². The Morgan fingerprint density at radius 2 is 0.492 bits per heavy atom. The number of furan rings is 3. The molecule has 0 aliphatic carbocycles. The molecule has 0 unspecified atom stereocenters. The summed E-state index contributed by atoms with van der Waals surface area (Å²) in [6, 6.07) is 115. The number of hydrogen-bond acceptors (Lipinski definition) is 9. The number of fused-ring (bicyclic) bond motifs is 27. The summed E-state index contributed by atoms with van der Waals surface area (Å²) < 4.78 is 19.7. The van der Waals surface area contributed by atoms with Crippen molar-refractivity contribution in [1.82, 2.24) is 29.9 Å². The first kappa shape index (κ1) is 71.5. The molecule has 9 heteroatoms. The van der Waals surface area contributed by atoms with Crippen LogP contribution in [0.25, 0.3) is 241 Å². The second kappa shape index (κ2) is 28.8. The zero-order valence-corrected chi connectivity index (χ0v) is 67.5. The molecule has 0 bridgehead atoms. The Balaban J connectivity index is 0.000000106. The quantitative estimate of drug-likeness (QED) is 0.144. The van der Waals surface area contributed by atoms with E-state index in [-0.39, 0.29) is 0 Å². The molecule has 0 saturated heterocycles.